The van der Waals surface area contributed by atoms with Gasteiger partial charge in [-0.15, -0.1) is 24.2 Å². The molecule has 0 unspecified atom stereocenters. The van der Waals surface area contributed by atoms with Crippen LogP contribution in [0.3, 0.4) is 0 Å². The molecule has 36 heavy (non-hydrogen) atoms. The molecule has 0 saturated heterocycles. The smallest absolute Gasteiger partial charge is 0.165 e. The van der Waals surface area contributed by atoms with Crippen molar-refractivity contribution in [3.8, 4) is 16.9 Å². The first-order valence-corrected chi connectivity index (χ1v) is 13.3. The number of methoxy groups -OCH3 is 1. The summed E-state index contributed by atoms with van der Waals surface area (Å²) >= 11 is 1.77. The zero-order valence-electron chi connectivity index (χ0n) is 21.5. The largest absolute Gasteiger partial charge is 0.497 e. The lowest BCUT2D eigenvalue weighted by Gasteiger charge is -2.27. The van der Waals surface area contributed by atoms with Gasteiger partial charge in [-0.25, -0.2) is 4.98 Å². The van der Waals surface area contributed by atoms with Gasteiger partial charge in [-0.2, -0.15) is 9.61 Å². The van der Waals surface area contributed by atoms with Gasteiger partial charge in [-0.3, -0.25) is 0 Å². The van der Waals surface area contributed by atoms with Gasteiger partial charge in [0.25, 0.3) is 0 Å². The Balaban J connectivity index is 0.00000304. The number of aryl methyl sites for hydroxylation is 2. The van der Waals surface area contributed by atoms with Gasteiger partial charge in [0, 0.05) is 29.1 Å². The lowest BCUT2D eigenvalue weighted by atomic mass is 10.0. The molecule has 2 aromatic carbocycles. The number of benzene rings is 2. The summed E-state index contributed by atoms with van der Waals surface area (Å²) in [6.07, 6.45) is 3.14. The number of anilines is 1. The van der Waals surface area contributed by atoms with E-state index in [0.29, 0.717) is 13.2 Å². The van der Waals surface area contributed by atoms with Crippen molar-refractivity contribution >= 4 is 35.6 Å². The standard InChI is InChI=1S/C28H32N4O2S.ClH/c1-6-13-31(15-20-7-10-22(35-5)11-8-20)28-24-16-34-17-25(24)29-27-26(19(3)30-32(27)28)23-12-9-21(33-4)14-18(23)2;/h7-12,14H,6,13,15-17H2,1-5H3;1H. The van der Waals surface area contributed by atoms with Crippen LogP contribution in [0.1, 0.15) is 41.4 Å². The van der Waals surface area contributed by atoms with E-state index in [1.807, 2.05) is 10.6 Å². The summed E-state index contributed by atoms with van der Waals surface area (Å²) in [6, 6.07) is 15.0. The van der Waals surface area contributed by atoms with Gasteiger partial charge in [-0.05, 0) is 67.5 Å². The number of hydrogen-bond donors (Lipinski definition) is 0. The Morgan fingerprint density at radius 1 is 1.11 bits per heavy atom. The molecule has 6 nitrogen and oxygen atoms in total. The molecule has 4 aromatic rings. The SMILES string of the molecule is CCCN(Cc1ccc(SC)cc1)c1c2c(nc3c(-c4ccc(OC)cc4C)c(C)nn13)COC2.Cl. The number of fused-ring (bicyclic) bond motifs is 2. The molecule has 0 saturated carbocycles. The maximum absolute atomic E-state index is 5.89. The third-order valence-electron chi connectivity index (χ3n) is 6.61. The van der Waals surface area contributed by atoms with E-state index in [1.54, 1.807) is 18.9 Å². The van der Waals surface area contributed by atoms with E-state index in [-0.39, 0.29) is 12.4 Å². The van der Waals surface area contributed by atoms with Crippen LogP contribution in [-0.4, -0.2) is 34.5 Å². The maximum atomic E-state index is 5.89. The molecule has 2 aromatic heterocycles. The van der Waals surface area contributed by atoms with Crippen molar-refractivity contribution in [3.63, 3.8) is 0 Å². The first kappa shape index (κ1) is 26.3. The monoisotopic (exact) mass is 524 g/mol. The zero-order valence-corrected chi connectivity index (χ0v) is 23.1. The van der Waals surface area contributed by atoms with Crippen LogP contribution in [0.5, 0.6) is 5.75 Å². The minimum atomic E-state index is 0. The summed E-state index contributed by atoms with van der Waals surface area (Å²) in [4.78, 5) is 8.80. The zero-order chi connectivity index (χ0) is 24.5. The number of hydrogen-bond acceptors (Lipinski definition) is 6. The molecule has 0 bridgehead atoms. The van der Waals surface area contributed by atoms with E-state index in [9.17, 15) is 0 Å². The highest BCUT2D eigenvalue weighted by Crippen LogP contribution is 2.37. The molecule has 1 aliphatic heterocycles. The summed E-state index contributed by atoms with van der Waals surface area (Å²) < 4.78 is 13.4. The van der Waals surface area contributed by atoms with Crippen molar-refractivity contribution in [3.05, 3.63) is 70.5 Å². The molecular weight excluding hydrogens is 492 g/mol. The number of halogens is 1. The third-order valence-corrected chi connectivity index (χ3v) is 7.35. The normalized spacial score (nSPS) is 12.5. The number of nitrogens with zero attached hydrogens (tertiary/aromatic N) is 4. The van der Waals surface area contributed by atoms with Crippen molar-refractivity contribution in [2.75, 3.05) is 24.8 Å². The number of aromatic nitrogens is 3. The van der Waals surface area contributed by atoms with E-state index < -0.39 is 0 Å². The second-order valence-corrected chi connectivity index (χ2v) is 9.88. The third kappa shape index (κ3) is 4.80. The molecule has 5 rings (SSSR count). The molecule has 0 atom stereocenters. The van der Waals surface area contributed by atoms with Gasteiger partial charge in [0.15, 0.2) is 5.65 Å². The van der Waals surface area contributed by atoms with Crippen molar-refractivity contribution in [2.24, 2.45) is 0 Å². The van der Waals surface area contributed by atoms with Gasteiger partial charge in [0.05, 0.1) is 31.7 Å². The van der Waals surface area contributed by atoms with Crippen LogP contribution in [0.2, 0.25) is 0 Å². The number of ether oxygens (including phenoxy) is 2. The lowest BCUT2D eigenvalue weighted by molar-refractivity contribution is 0.133. The van der Waals surface area contributed by atoms with Gasteiger partial charge in [0.1, 0.15) is 11.6 Å². The van der Waals surface area contributed by atoms with Crippen LogP contribution in [0.25, 0.3) is 16.8 Å². The van der Waals surface area contributed by atoms with E-state index in [1.165, 1.54) is 10.5 Å². The van der Waals surface area contributed by atoms with Crippen LogP contribution in [-0.2, 0) is 24.5 Å². The summed E-state index contributed by atoms with van der Waals surface area (Å²) in [7, 11) is 1.70. The maximum Gasteiger partial charge on any atom is 0.165 e. The van der Waals surface area contributed by atoms with Crippen LogP contribution >= 0.6 is 24.2 Å². The van der Waals surface area contributed by atoms with E-state index in [2.05, 4.69) is 68.3 Å². The van der Waals surface area contributed by atoms with E-state index in [0.717, 1.165) is 70.4 Å². The average molecular weight is 525 g/mol. The Morgan fingerprint density at radius 2 is 1.89 bits per heavy atom. The Morgan fingerprint density at radius 3 is 2.56 bits per heavy atom. The predicted molar refractivity (Wildman–Crippen MR) is 150 cm³/mol. The molecule has 0 aliphatic carbocycles. The molecular formula is C28H33ClN4O2S. The second-order valence-electron chi connectivity index (χ2n) is 9.00. The Bertz CT molecular complexity index is 1370. The molecule has 8 heteroatoms. The highest BCUT2D eigenvalue weighted by Gasteiger charge is 2.28. The second kappa shape index (κ2) is 11.1. The molecule has 0 fully saturated rings. The average Bonchev–Trinajstić information content (AvgIpc) is 3.46. The van der Waals surface area contributed by atoms with Gasteiger partial charge < -0.3 is 14.4 Å². The van der Waals surface area contributed by atoms with Gasteiger partial charge >= 0.3 is 0 Å². The van der Waals surface area contributed by atoms with Crippen molar-refractivity contribution in [1.82, 2.24) is 14.6 Å². The quantitative estimate of drug-likeness (QED) is 0.242. The summed E-state index contributed by atoms with van der Waals surface area (Å²) in [5, 5.41) is 5.05. The fourth-order valence-corrected chi connectivity index (χ4v) is 5.31. The highest BCUT2D eigenvalue weighted by atomic mass is 35.5. The minimum Gasteiger partial charge on any atom is -0.497 e. The first-order valence-electron chi connectivity index (χ1n) is 12.1. The van der Waals surface area contributed by atoms with Crippen LogP contribution in [0.4, 0.5) is 5.82 Å². The van der Waals surface area contributed by atoms with Crippen LogP contribution in [0.15, 0.2) is 47.4 Å². The van der Waals surface area contributed by atoms with Gasteiger partial charge in [-0.1, -0.05) is 25.1 Å². The molecule has 0 radical (unpaired) electrons. The highest BCUT2D eigenvalue weighted by molar-refractivity contribution is 7.98. The lowest BCUT2D eigenvalue weighted by Crippen LogP contribution is -2.27. The van der Waals surface area contributed by atoms with Crippen LogP contribution in [0, 0.1) is 13.8 Å². The van der Waals surface area contributed by atoms with Crippen molar-refractivity contribution in [1.29, 1.82) is 0 Å². The molecule has 190 valence electrons. The van der Waals surface area contributed by atoms with Crippen molar-refractivity contribution < 1.29 is 9.47 Å². The Kier molecular flexibility index (Phi) is 8.13. The van der Waals surface area contributed by atoms with E-state index >= 15 is 0 Å². The Labute approximate surface area is 223 Å². The number of thioether (sulfide) groups is 1. The fourth-order valence-electron chi connectivity index (χ4n) is 4.90. The molecule has 0 amide bonds. The molecule has 0 N–H and O–H groups in total. The topological polar surface area (TPSA) is 51.9 Å². The fraction of sp³-hybridized carbons (Fsp3) is 0.357. The summed E-state index contributed by atoms with van der Waals surface area (Å²) in [6.45, 7) is 9.24. The predicted octanol–water partition coefficient (Wildman–Crippen LogP) is 6.61. The minimum absolute atomic E-state index is 0. The summed E-state index contributed by atoms with van der Waals surface area (Å²) in [5.74, 6) is 1.95. The Hall–Kier alpha value is -2.74. The van der Waals surface area contributed by atoms with Gasteiger partial charge in [0.2, 0.25) is 0 Å². The summed E-state index contributed by atoms with van der Waals surface area (Å²) in [5.41, 5.74) is 8.63. The van der Waals surface area contributed by atoms with Crippen LogP contribution < -0.4 is 9.64 Å². The molecule has 3 heterocycles. The van der Waals surface area contributed by atoms with Crippen molar-refractivity contribution in [2.45, 2.75) is 51.8 Å². The number of rotatable bonds is 8. The molecule has 1 aliphatic rings. The molecule has 0 spiro atoms. The first-order chi connectivity index (χ1) is 17.0. The van der Waals surface area contributed by atoms with E-state index in [4.69, 9.17) is 19.6 Å².